The van der Waals surface area contributed by atoms with E-state index in [4.69, 9.17) is 0 Å². The van der Waals surface area contributed by atoms with Crippen molar-refractivity contribution in [1.82, 2.24) is 4.90 Å². The van der Waals surface area contributed by atoms with Crippen LogP contribution in [0.1, 0.15) is 76.5 Å². The molecule has 2 aliphatic rings. The molecule has 0 aromatic heterocycles. The Morgan fingerprint density at radius 2 is 1.83 bits per heavy atom. The number of hydrogen-bond acceptors (Lipinski definition) is 2. The van der Waals surface area contributed by atoms with E-state index in [0.29, 0.717) is 22.5 Å². The number of hydrogen-bond donors (Lipinski definition) is 1. The number of aromatic hydroxyl groups is 1. The van der Waals surface area contributed by atoms with Crippen molar-refractivity contribution in [3.8, 4) is 5.75 Å². The zero-order valence-electron chi connectivity index (χ0n) is 16.4. The van der Waals surface area contributed by atoms with Gasteiger partial charge in [-0.1, -0.05) is 52.3 Å². The topological polar surface area (TPSA) is 23.5 Å². The summed E-state index contributed by atoms with van der Waals surface area (Å²) in [6, 6.07) is 4.44. The highest BCUT2D eigenvalue weighted by Gasteiger charge is 2.61. The molecule has 1 N–H and O–H groups in total. The first kappa shape index (κ1) is 17.8. The molecule has 1 aromatic rings. The number of nitrogens with zero attached hydrogens (tertiary/aromatic N) is 1. The van der Waals surface area contributed by atoms with Gasteiger partial charge in [-0.05, 0) is 67.5 Å². The second-order valence-electron chi connectivity index (χ2n) is 8.99. The summed E-state index contributed by atoms with van der Waals surface area (Å²) in [5.74, 6) is 1.88. The van der Waals surface area contributed by atoms with Gasteiger partial charge in [-0.2, -0.15) is 0 Å². The van der Waals surface area contributed by atoms with Crippen molar-refractivity contribution in [2.24, 2.45) is 16.7 Å². The van der Waals surface area contributed by atoms with E-state index >= 15 is 0 Å². The van der Waals surface area contributed by atoms with E-state index in [1.807, 2.05) is 0 Å². The molecule has 3 rings (SSSR count). The van der Waals surface area contributed by atoms with E-state index < -0.39 is 0 Å². The number of phenolic OH excluding ortho intramolecular Hbond substituents is 1. The SMILES string of the molecule is CCN(CC)Cc1cc(C)cc([C@@H]2C[C@@H]3CC[C@@]2(C)C3(C)C)c1O. The highest BCUT2D eigenvalue weighted by molar-refractivity contribution is 5.47. The van der Waals surface area contributed by atoms with Crippen molar-refractivity contribution in [2.75, 3.05) is 13.1 Å². The largest absolute Gasteiger partial charge is 0.507 e. The molecular weight excluding hydrogens is 294 g/mol. The second kappa shape index (κ2) is 6.05. The minimum atomic E-state index is 0.315. The number of rotatable bonds is 5. The molecule has 0 saturated heterocycles. The summed E-state index contributed by atoms with van der Waals surface area (Å²) in [5, 5.41) is 11.1. The van der Waals surface area contributed by atoms with E-state index in [2.05, 4.69) is 58.6 Å². The van der Waals surface area contributed by atoms with Crippen LogP contribution in [0, 0.1) is 23.7 Å². The second-order valence-corrected chi connectivity index (χ2v) is 8.99. The first-order valence-electron chi connectivity index (χ1n) is 9.79. The lowest BCUT2D eigenvalue weighted by Gasteiger charge is -2.40. The van der Waals surface area contributed by atoms with Gasteiger partial charge in [0.15, 0.2) is 0 Å². The minimum absolute atomic E-state index is 0.315. The molecule has 134 valence electrons. The summed E-state index contributed by atoms with van der Waals surface area (Å²) < 4.78 is 0. The maximum atomic E-state index is 11.1. The predicted octanol–water partition coefficient (Wildman–Crippen LogP) is 5.47. The molecule has 2 nitrogen and oxygen atoms in total. The molecule has 2 aliphatic carbocycles. The van der Waals surface area contributed by atoms with Crippen LogP contribution in [0.2, 0.25) is 0 Å². The first-order chi connectivity index (χ1) is 11.2. The van der Waals surface area contributed by atoms with Gasteiger partial charge in [-0.3, -0.25) is 4.90 Å². The average Bonchev–Trinajstić information content (AvgIpc) is 2.88. The first-order valence-corrected chi connectivity index (χ1v) is 9.79. The van der Waals surface area contributed by atoms with Gasteiger partial charge in [-0.25, -0.2) is 0 Å². The molecule has 0 amide bonds. The Kier molecular flexibility index (Phi) is 4.49. The fraction of sp³-hybridized carbons (Fsp3) is 0.727. The standard InChI is InChI=1S/C22H35NO/c1-7-23(8-2)14-16-11-15(3)12-18(20(16)24)19-13-17-9-10-22(19,6)21(17,4)5/h11-12,17,19,24H,7-10,13-14H2,1-6H3/t17-,19-,22+/m0/s1. The molecule has 0 radical (unpaired) electrons. The van der Waals surface area contributed by atoms with Gasteiger partial charge in [0, 0.05) is 12.1 Å². The Morgan fingerprint density at radius 1 is 1.17 bits per heavy atom. The van der Waals surface area contributed by atoms with E-state index in [1.54, 1.807) is 0 Å². The Labute approximate surface area is 148 Å². The van der Waals surface area contributed by atoms with Crippen LogP contribution in [0.4, 0.5) is 0 Å². The van der Waals surface area contributed by atoms with Crippen LogP contribution in [0.25, 0.3) is 0 Å². The summed E-state index contributed by atoms with van der Waals surface area (Å²) in [5.41, 5.74) is 4.31. The molecule has 2 saturated carbocycles. The monoisotopic (exact) mass is 329 g/mol. The molecule has 0 heterocycles. The van der Waals surface area contributed by atoms with Crippen LogP contribution in [0.3, 0.4) is 0 Å². The van der Waals surface area contributed by atoms with Crippen molar-refractivity contribution in [2.45, 2.75) is 73.3 Å². The maximum absolute atomic E-state index is 11.1. The lowest BCUT2D eigenvalue weighted by Crippen LogP contribution is -2.31. The van der Waals surface area contributed by atoms with Crippen LogP contribution in [0.5, 0.6) is 5.75 Å². The minimum Gasteiger partial charge on any atom is -0.507 e. The summed E-state index contributed by atoms with van der Waals surface area (Å²) in [6.45, 7) is 16.8. The lowest BCUT2D eigenvalue weighted by molar-refractivity contribution is 0.133. The van der Waals surface area contributed by atoms with Crippen molar-refractivity contribution in [1.29, 1.82) is 0 Å². The van der Waals surface area contributed by atoms with Gasteiger partial charge in [-0.15, -0.1) is 0 Å². The predicted molar refractivity (Wildman–Crippen MR) is 101 cm³/mol. The van der Waals surface area contributed by atoms with Crippen molar-refractivity contribution in [3.05, 3.63) is 28.8 Å². The van der Waals surface area contributed by atoms with Crippen LogP contribution in [-0.4, -0.2) is 23.1 Å². The van der Waals surface area contributed by atoms with Crippen LogP contribution in [-0.2, 0) is 6.54 Å². The third kappa shape index (κ3) is 2.49. The van der Waals surface area contributed by atoms with Crippen LogP contribution in [0.15, 0.2) is 12.1 Å². The van der Waals surface area contributed by atoms with E-state index in [-0.39, 0.29) is 0 Å². The van der Waals surface area contributed by atoms with Gasteiger partial charge >= 0.3 is 0 Å². The normalized spacial score (nSPS) is 31.1. The molecule has 3 atom stereocenters. The quantitative estimate of drug-likeness (QED) is 0.774. The number of phenols is 1. The van der Waals surface area contributed by atoms with Gasteiger partial charge in [0.05, 0.1) is 0 Å². The van der Waals surface area contributed by atoms with E-state index in [1.165, 1.54) is 30.4 Å². The molecule has 2 fully saturated rings. The van der Waals surface area contributed by atoms with Crippen molar-refractivity contribution < 1.29 is 5.11 Å². The third-order valence-corrected chi connectivity index (χ3v) is 7.82. The molecule has 0 aliphatic heterocycles. The fourth-order valence-electron chi connectivity index (χ4n) is 5.63. The van der Waals surface area contributed by atoms with Crippen LogP contribution < -0.4 is 0 Å². The van der Waals surface area contributed by atoms with E-state index in [9.17, 15) is 5.11 Å². The lowest BCUT2D eigenvalue weighted by atomic mass is 9.64. The average molecular weight is 330 g/mol. The summed E-state index contributed by atoms with van der Waals surface area (Å²) in [7, 11) is 0. The number of fused-ring (bicyclic) bond motifs is 2. The van der Waals surface area contributed by atoms with Crippen molar-refractivity contribution in [3.63, 3.8) is 0 Å². The molecule has 1 aromatic carbocycles. The highest BCUT2D eigenvalue weighted by Crippen LogP contribution is 2.71. The molecule has 24 heavy (non-hydrogen) atoms. The Bertz CT molecular complexity index is 617. The maximum Gasteiger partial charge on any atom is 0.123 e. The molecule has 0 spiro atoms. The molecule has 0 unspecified atom stereocenters. The van der Waals surface area contributed by atoms with E-state index in [0.717, 1.165) is 31.1 Å². The molecular formula is C22H35NO. The van der Waals surface area contributed by atoms with Gasteiger partial charge in [0.25, 0.3) is 0 Å². The van der Waals surface area contributed by atoms with Gasteiger partial charge in [0.2, 0.25) is 0 Å². The van der Waals surface area contributed by atoms with Gasteiger partial charge in [0.1, 0.15) is 5.75 Å². The number of benzene rings is 1. The Balaban J connectivity index is 1.99. The zero-order valence-corrected chi connectivity index (χ0v) is 16.4. The van der Waals surface area contributed by atoms with Gasteiger partial charge < -0.3 is 5.11 Å². The smallest absolute Gasteiger partial charge is 0.123 e. The highest BCUT2D eigenvalue weighted by atomic mass is 16.3. The Hall–Kier alpha value is -1.02. The number of aryl methyl sites for hydroxylation is 1. The van der Waals surface area contributed by atoms with Crippen molar-refractivity contribution >= 4 is 0 Å². The Morgan fingerprint density at radius 3 is 2.33 bits per heavy atom. The summed E-state index contributed by atoms with van der Waals surface area (Å²) in [4.78, 5) is 2.38. The fourth-order valence-corrected chi connectivity index (χ4v) is 5.63. The molecule has 2 heteroatoms. The summed E-state index contributed by atoms with van der Waals surface area (Å²) in [6.07, 6.45) is 3.90. The summed E-state index contributed by atoms with van der Waals surface area (Å²) >= 11 is 0. The zero-order chi connectivity index (χ0) is 17.7. The third-order valence-electron chi connectivity index (χ3n) is 7.82. The molecule has 2 bridgehead atoms. The van der Waals surface area contributed by atoms with Crippen LogP contribution >= 0.6 is 0 Å².